The summed E-state index contributed by atoms with van der Waals surface area (Å²) in [5, 5.41) is 10.5. The van der Waals surface area contributed by atoms with E-state index in [9.17, 15) is 9.90 Å². The highest BCUT2D eigenvalue weighted by Gasteiger charge is 2.17. The summed E-state index contributed by atoms with van der Waals surface area (Å²) in [4.78, 5) is 11.4. The standard InChI is InChI=1S/C13H16Cl2O3/c1-2-3-7-18-12(17)8-11(16)9-5-4-6-10(14)13(9)15/h4-6,11,16H,2-3,7-8H2,1H3. The Bertz CT molecular complexity index is 407. The molecule has 0 aromatic heterocycles. The molecule has 0 aliphatic rings. The number of aliphatic hydroxyl groups excluding tert-OH is 1. The lowest BCUT2D eigenvalue weighted by atomic mass is 10.1. The number of hydrogen-bond acceptors (Lipinski definition) is 3. The lowest BCUT2D eigenvalue weighted by Gasteiger charge is -2.13. The van der Waals surface area contributed by atoms with E-state index in [1.54, 1.807) is 18.2 Å². The largest absolute Gasteiger partial charge is 0.466 e. The highest BCUT2D eigenvalue weighted by atomic mass is 35.5. The van der Waals surface area contributed by atoms with Crippen molar-refractivity contribution in [1.29, 1.82) is 0 Å². The van der Waals surface area contributed by atoms with Gasteiger partial charge in [-0.2, -0.15) is 0 Å². The van der Waals surface area contributed by atoms with Gasteiger partial charge >= 0.3 is 5.97 Å². The number of carbonyl (C=O) groups is 1. The Hall–Kier alpha value is -0.770. The highest BCUT2D eigenvalue weighted by molar-refractivity contribution is 6.42. The Morgan fingerprint density at radius 3 is 2.83 bits per heavy atom. The van der Waals surface area contributed by atoms with Crippen molar-refractivity contribution in [3.63, 3.8) is 0 Å². The van der Waals surface area contributed by atoms with Crippen LogP contribution in [0.3, 0.4) is 0 Å². The normalized spacial score (nSPS) is 12.2. The van der Waals surface area contributed by atoms with Gasteiger partial charge in [0.1, 0.15) is 0 Å². The molecule has 1 aromatic rings. The van der Waals surface area contributed by atoms with Crippen LogP contribution in [0.1, 0.15) is 37.9 Å². The Balaban J connectivity index is 2.57. The molecule has 0 saturated heterocycles. The quantitative estimate of drug-likeness (QED) is 0.641. The number of benzene rings is 1. The van der Waals surface area contributed by atoms with E-state index in [4.69, 9.17) is 27.9 Å². The van der Waals surface area contributed by atoms with Gasteiger partial charge in [0.25, 0.3) is 0 Å². The van der Waals surface area contributed by atoms with Crippen molar-refractivity contribution in [2.75, 3.05) is 6.61 Å². The van der Waals surface area contributed by atoms with Crippen molar-refractivity contribution in [2.24, 2.45) is 0 Å². The van der Waals surface area contributed by atoms with E-state index in [1.807, 2.05) is 6.92 Å². The Morgan fingerprint density at radius 2 is 2.17 bits per heavy atom. The van der Waals surface area contributed by atoms with E-state index in [0.717, 1.165) is 12.8 Å². The minimum absolute atomic E-state index is 0.121. The molecular weight excluding hydrogens is 275 g/mol. The van der Waals surface area contributed by atoms with Gasteiger partial charge < -0.3 is 9.84 Å². The van der Waals surface area contributed by atoms with Crippen molar-refractivity contribution in [3.8, 4) is 0 Å². The van der Waals surface area contributed by atoms with Crippen LogP contribution < -0.4 is 0 Å². The minimum atomic E-state index is -0.995. The SMILES string of the molecule is CCCCOC(=O)CC(O)c1cccc(Cl)c1Cl. The molecule has 1 aromatic carbocycles. The average molecular weight is 291 g/mol. The maximum atomic E-state index is 11.4. The van der Waals surface area contributed by atoms with Crippen LogP contribution in [0, 0.1) is 0 Å². The zero-order valence-corrected chi connectivity index (χ0v) is 11.7. The molecule has 1 rings (SSSR count). The second-order valence-electron chi connectivity index (χ2n) is 3.94. The molecule has 18 heavy (non-hydrogen) atoms. The summed E-state index contributed by atoms with van der Waals surface area (Å²) in [5.41, 5.74) is 0.441. The zero-order chi connectivity index (χ0) is 13.5. The topological polar surface area (TPSA) is 46.5 Å². The summed E-state index contributed by atoms with van der Waals surface area (Å²) in [7, 11) is 0. The summed E-state index contributed by atoms with van der Waals surface area (Å²) in [6.45, 7) is 2.39. The van der Waals surface area contributed by atoms with Crippen molar-refractivity contribution in [1.82, 2.24) is 0 Å². The van der Waals surface area contributed by atoms with E-state index in [1.165, 1.54) is 0 Å². The van der Waals surface area contributed by atoms with Gasteiger partial charge in [-0.1, -0.05) is 48.7 Å². The first-order valence-corrected chi connectivity index (χ1v) is 6.59. The number of hydrogen-bond donors (Lipinski definition) is 1. The Labute approximate surface area is 117 Å². The molecule has 0 saturated carbocycles. The van der Waals surface area contributed by atoms with E-state index in [-0.39, 0.29) is 11.4 Å². The fraction of sp³-hybridized carbons (Fsp3) is 0.462. The number of unbranched alkanes of at least 4 members (excludes halogenated alkanes) is 1. The molecule has 1 atom stereocenters. The van der Waals surface area contributed by atoms with Crippen LogP contribution in [0.25, 0.3) is 0 Å². The number of ether oxygens (including phenoxy) is 1. The molecule has 0 radical (unpaired) electrons. The molecule has 5 heteroatoms. The van der Waals surface area contributed by atoms with Crippen LogP contribution >= 0.6 is 23.2 Å². The van der Waals surface area contributed by atoms with Crippen molar-refractivity contribution < 1.29 is 14.6 Å². The van der Waals surface area contributed by atoms with Gasteiger partial charge in [-0.05, 0) is 12.5 Å². The number of esters is 1. The van der Waals surface area contributed by atoms with Gasteiger partial charge in [-0.3, -0.25) is 4.79 Å². The zero-order valence-electron chi connectivity index (χ0n) is 10.2. The van der Waals surface area contributed by atoms with E-state index in [2.05, 4.69) is 0 Å². The molecule has 0 heterocycles. The maximum absolute atomic E-state index is 11.4. The first-order chi connectivity index (χ1) is 8.56. The molecular formula is C13H16Cl2O3. The Kier molecular flexibility index (Phi) is 6.47. The summed E-state index contributed by atoms with van der Waals surface area (Å²) < 4.78 is 4.97. The van der Waals surface area contributed by atoms with Gasteiger partial charge in [0, 0.05) is 5.56 Å². The smallest absolute Gasteiger partial charge is 0.308 e. The van der Waals surface area contributed by atoms with Crippen LogP contribution in [-0.4, -0.2) is 17.7 Å². The molecule has 0 amide bonds. The highest BCUT2D eigenvalue weighted by Crippen LogP contribution is 2.31. The lowest BCUT2D eigenvalue weighted by Crippen LogP contribution is -2.11. The average Bonchev–Trinajstić information content (AvgIpc) is 2.32. The molecule has 0 aliphatic carbocycles. The third kappa shape index (κ3) is 4.48. The van der Waals surface area contributed by atoms with Crippen LogP contribution in [0.15, 0.2) is 18.2 Å². The molecule has 1 N–H and O–H groups in total. The van der Waals surface area contributed by atoms with Gasteiger partial charge in [0.05, 0.1) is 29.2 Å². The number of halogens is 2. The fourth-order valence-electron chi connectivity index (χ4n) is 1.43. The van der Waals surface area contributed by atoms with Gasteiger partial charge in [0.2, 0.25) is 0 Å². The van der Waals surface area contributed by atoms with Crippen LogP contribution in [0.2, 0.25) is 10.0 Å². The van der Waals surface area contributed by atoms with E-state index in [0.29, 0.717) is 17.2 Å². The molecule has 1 unspecified atom stereocenters. The molecule has 0 aliphatic heterocycles. The van der Waals surface area contributed by atoms with Crippen LogP contribution in [0.4, 0.5) is 0 Å². The third-order valence-electron chi connectivity index (χ3n) is 2.46. The second-order valence-corrected chi connectivity index (χ2v) is 4.72. The molecule has 0 spiro atoms. The first-order valence-electron chi connectivity index (χ1n) is 5.83. The third-order valence-corrected chi connectivity index (χ3v) is 3.29. The number of aliphatic hydroxyl groups is 1. The summed E-state index contributed by atoms with van der Waals surface area (Å²) in [5.74, 6) is -0.438. The van der Waals surface area contributed by atoms with Crippen molar-refractivity contribution >= 4 is 29.2 Å². The summed E-state index contributed by atoms with van der Waals surface area (Å²) in [6.07, 6.45) is 0.657. The van der Waals surface area contributed by atoms with Gasteiger partial charge in [-0.15, -0.1) is 0 Å². The predicted octanol–water partition coefficient (Wildman–Crippen LogP) is 3.76. The maximum Gasteiger partial charge on any atom is 0.308 e. The second kappa shape index (κ2) is 7.62. The fourth-order valence-corrected chi connectivity index (χ4v) is 1.87. The van der Waals surface area contributed by atoms with Crippen molar-refractivity contribution in [2.45, 2.75) is 32.3 Å². The predicted molar refractivity (Wildman–Crippen MR) is 71.9 cm³/mol. The van der Waals surface area contributed by atoms with Crippen LogP contribution in [-0.2, 0) is 9.53 Å². The first kappa shape index (κ1) is 15.3. The number of rotatable bonds is 6. The van der Waals surface area contributed by atoms with Crippen molar-refractivity contribution in [3.05, 3.63) is 33.8 Å². The molecule has 100 valence electrons. The van der Waals surface area contributed by atoms with Gasteiger partial charge in [0.15, 0.2) is 0 Å². The summed E-state index contributed by atoms with van der Waals surface area (Å²) >= 11 is 11.8. The van der Waals surface area contributed by atoms with E-state index < -0.39 is 12.1 Å². The lowest BCUT2D eigenvalue weighted by molar-refractivity contribution is -0.146. The monoisotopic (exact) mass is 290 g/mol. The summed E-state index contributed by atoms with van der Waals surface area (Å²) in [6, 6.07) is 4.94. The molecule has 0 fully saturated rings. The Morgan fingerprint density at radius 1 is 1.44 bits per heavy atom. The van der Waals surface area contributed by atoms with E-state index >= 15 is 0 Å². The molecule has 0 bridgehead atoms. The number of carbonyl (C=O) groups excluding carboxylic acids is 1. The molecule has 3 nitrogen and oxygen atoms in total. The van der Waals surface area contributed by atoms with Gasteiger partial charge in [-0.25, -0.2) is 0 Å². The minimum Gasteiger partial charge on any atom is -0.466 e. The van der Waals surface area contributed by atoms with Crippen LogP contribution in [0.5, 0.6) is 0 Å².